The largest absolute Gasteiger partial charge is 0.330 e. The first-order valence-electron chi connectivity index (χ1n) is 6.12. The minimum Gasteiger partial charge on any atom is -0.330 e. The Balaban J connectivity index is 0. The average Bonchev–Trinajstić information content (AvgIpc) is 2.18. The van der Waals surface area contributed by atoms with Crippen molar-refractivity contribution in [2.24, 2.45) is 5.73 Å². The molecule has 3 N–H and O–H groups in total. The maximum Gasteiger partial charge on any atom is -0.00773 e. The molecule has 0 radical (unpaired) electrons. The Bertz CT molecular complexity index is 66.7. The quantitative estimate of drug-likeness (QED) is 0.594. The number of nitrogens with two attached hydrogens (primary N) is 1. The van der Waals surface area contributed by atoms with E-state index in [1.165, 1.54) is 51.4 Å². The summed E-state index contributed by atoms with van der Waals surface area (Å²) in [6, 6.07) is 0. The van der Waals surface area contributed by atoms with E-state index in [0.29, 0.717) is 0 Å². The summed E-state index contributed by atoms with van der Waals surface area (Å²) >= 11 is 0. The highest BCUT2D eigenvalue weighted by Gasteiger charge is 1.89. The lowest BCUT2D eigenvalue weighted by molar-refractivity contribution is 0.578. The van der Waals surface area contributed by atoms with Crippen molar-refractivity contribution in [2.45, 2.75) is 58.3 Å². The molecule has 0 aromatic rings. The lowest BCUT2D eigenvalue weighted by Gasteiger charge is -1.99. The predicted molar refractivity (Wildman–Crippen MR) is 66.6 cm³/mol. The molecule has 0 aromatic carbocycles. The second-order valence-electron chi connectivity index (χ2n) is 3.76. The normalized spacial score (nSPS) is 9.43. The standard InChI is InChI=1S/C10H23N.C2H7N/c1-2-3-4-5-6-7-8-9-10-11;1-3-2/h2-11H2,1H3;3H,1-2H3. The first-order valence-corrected chi connectivity index (χ1v) is 6.12. The summed E-state index contributed by atoms with van der Waals surface area (Å²) in [4.78, 5) is 0. The highest BCUT2D eigenvalue weighted by molar-refractivity contribution is 4.45. The van der Waals surface area contributed by atoms with Gasteiger partial charge in [0.25, 0.3) is 0 Å². The van der Waals surface area contributed by atoms with Crippen LogP contribution in [0.2, 0.25) is 0 Å². The van der Waals surface area contributed by atoms with Crippen LogP contribution >= 0.6 is 0 Å². The van der Waals surface area contributed by atoms with Gasteiger partial charge in [0.2, 0.25) is 0 Å². The fourth-order valence-corrected chi connectivity index (χ4v) is 1.28. The van der Waals surface area contributed by atoms with Crippen LogP contribution in [0.15, 0.2) is 0 Å². The van der Waals surface area contributed by atoms with Crippen LogP contribution in [0.3, 0.4) is 0 Å². The maximum atomic E-state index is 5.39. The lowest BCUT2D eigenvalue weighted by atomic mass is 10.1. The zero-order chi connectivity index (χ0) is 11.1. The third-order valence-corrected chi connectivity index (χ3v) is 2.06. The van der Waals surface area contributed by atoms with E-state index in [2.05, 4.69) is 12.2 Å². The molecule has 0 rings (SSSR count). The Hall–Kier alpha value is -0.0800. The van der Waals surface area contributed by atoms with E-state index in [9.17, 15) is 0 Å². The van der Waals surface area contributed by atoms with E-state index in [1.54, 1.807) is 0 Å². The highest BCUT2D eigenvalue weighted by atomic mass is 14.7. The van der Waals surface area contributed by atoms with E-state index in [0.717, 1.165) is 6.54 Å². The van der Waals surface area contributed by atoms with Gasteiger partial charge in [-0.1, -0.05) is 51.9 Å². The summed E-state index contributed by atoms with van der Waals surface area (Å²) in [5.74, 6) is 0. The first-order chi connectivity index (χ1) is 6.83. The molecule has 2 heteroatoms. The molecule has 0 heterocycles. The molecular formula is C12H30N2. The van der Waals surface area contributed by atoms with Crippen LogP contribution in [0.1, 0.15) is 58.3 Å². The molecule has 0 aliphatic carbocycles. The fourth-order valence-electron chi connectivity index (χ4n) is 1.28. The van der Waals surface area contributed by atoms with Gasteiger partial charge in [0.05, 0.1) is 0 Å². The Morgan fingerprint density at radius 1 is 0.786 bits per heavy atom. The van der Waals surface area contributed by atoms with Gasteiger partial charge < -0.3 is 11.1 Å². The van der Waals surface area contributed by atoms with Gasteiger partial charge in [-0.05, 0) is 27.1 Å². The first kappa shape index (κ1) is 16.4. The van der Waals surface area contributed by atoms with Gasteiger partial charge in [0.1, 0.15) is 0 Å². The molecule has 0 aromatic heterocycles. The van der Waals surface area contributed by atoms with Crippen LogP contribution in [0, 0.1) is 0 Å². The van der Waals surface area contributed by atoms with Crippen molar-refractivity contribution in [2.75, 3.05) is 20.6 Å². The van der Waals surface area contributed by atoms with Gasteiger partial charge in [0, 0.05) is 0 Å². The van der Waals surface area contributed by atoms with Crippen molar-refractivity contribution < 1.29 is 0 Å². The highest BCUT2D eigenvalue weighted by Crippen LogP contribution is 2.07. The number of unbranched alkanes of at least 4 members (excludes halogenated alkanes) is 7. The zero-order valence-electron chi connectivity index (χ0n) is 10.4. The summed E-state index contributed by atoms with van der Waals surface area (Å²) in [6.07, 6.45) is 11.0. The second kappa shape index (κ2) is 18.7. The number of hydrogen-bond donors (Lipinski definition) is 2. The summed E-state index contributed by atoms with van der Waals surface area (Å²) in [6.45, 7) is 3.13. The van der Waals surface area contributed by atoms with E-state index in [4.69, 9.17) is 5.73 Å². The molecule has 14 heavy (non-hydrogen) atoms. The Kier molecular flexibility index (Phi) is 21.8. The summed E-state index contributed by atoms with van der Waals surface area (Å²) < 4.78 is 0. The monoisotopic (exact) mass is 202 g/mol. The Morgan fingerprint density at radius 2 is 1.14 bits per heavy atom. The smallest absolute Gasteiger partial charge is 0.00773 e. The van der Waals surface area contributed by atoms with Crippen molar-refractivity contribution in [3.63, 3.8) is 0 Å². The van der Waals surface area contributed by atoms with Crippen LogP contribution in [0.5, 0.6) is 0 Å². The van der Waals surface area contributed by atoms with Crippen LogP contribution in [0.25, 0.3) is 0 Å². The average molecular weight is 202 g/mol. The van der Waals surface area contributed by atoms with Gasteiger partial charge in [0.15, 0.2) is 0 Å². The van der Waals surface area contributed by atoms with E-state index in [-0.39, 0.29) is 0 Å². The van der Waals surface area contributed by atoms with E-state index >= 15 is 0 Å². The van der Waals surface area contributed by atoms with Crippen molar-refractivity contribution >= 4 is 0 Å². The van der Waals surface area contributed by atoms with Crippen molar-refractivity contribution in [3.8, 4) is 0 Å². The van der Waals surface area contributed by atoms with Gasteiger partial charge in [-0.15, -0.1) is 0 Å². The SMILES string of the molecule is CCCCCCCCCCN.CNC. The van der Waals surface area contributed by atoms with Crippen molar-refractivity contribution in [1.29, 1.82) is 0 Å². The third kappa shape index (κ3) is 22.7. The zero-order valence-corrected chi connectivity index (χ0v) is 10.4. The molecule has 88 valence electrons. The van der Waals surface area contributed by atoms with Gasteiger partial charge >= 0.3 is 0 Å². The summed E-state index contributed by atoms with van der Waals surface area (Å²) in [7, 11) is 3.75. The number of hydrogen-bond acceptors (Lipinski definition) is 2. The summed E-state index contributed by atoms with van der Waals surface area (Å²) in [5.41, 5.74) is 5.39. The van der Waals surface area contributed by atoms with Crippen LogP contribution in [0.4, 0.5) is 0 Å². The van der Waals surface area contributed by atoms with Crippen molar-refractivity contribution in [1.82, 2.24) is 5.32 Å². The fraction of sp³-hybridized carbons (Fsp3) is 1.00. The van der Waals surface area contributed by atoms with Crippen LogP contribution in [-0.2, 0) is 0 Å². The van der Waals surface area contributed by atoms with Crippen LogP contribution in [-0.4, -0.2) is 20.6 Å². The van der Waals surface area contributed by atoms with Gasteiger partial charge in [-0.3, -0.25) is 0 Å². The molecule has 0 unspecified atom stereocenters. The molecule has 0 spiro atoms. The second-order valence-corrected chi connectivity index (χ2v) is 3.76. The molecular weight excluding hydrogens is 172 g/mol. The molecule has 0 bridgehead atoms. The summed E-state index contributed by atoms with van der Waals surface area (Å²) in [5, 5.41) is 2.75. The molecule has 0 aliphatic rings. The molecule has 0 aliphatic heterocycles. The van der Waals surface area contributed by atoms with E-state index < -0.39 is 0 Å². The molecule has 2 nitrogen and oxygen atoms in total. The predicted octanol–water partition coefficient (Wildman–Crippen LogP) is 2.92. The lowest BCUT2D eigenvalue weighted by Crippen LogP contribution is -1.97. The molecule has 0 saturated carbocycles. The molecule has 0 fully saturated rings. The Labute approximate surface area is 90.6 Å². The van der Waals surface area contributed by atoms with Gasteiger partial charge in [-0.25, -0.2) is 0 Å². The number of rotatable bonds is 8. The van der Waals surface area contributed by atoms with E-state index in [1.807, 2.05) is 14.1 Å². The topological polar surface area (TPSA) is 38.0 Å². The minimum atomic E-state index is 0.870. The Morgan fingerprint density at radius 3 is 1.50 bits per heavy atom. The minimum absolute atomic E-state index is 0.870. The number of nitrogens with one attached hydrogen (secondary N) is 1. The maximum absolute atomic E-state index is 5.39. The molecule has 0 saturated heterocycles. The van der Waals surface area contributed by atoms with Gasteiger partial charge in [-0.2, -0.15) is 0 Å². The third-order valence-electron chi connectivity index (χ3n) is 2.06. The van der Waals surface area contributed by atoms with Crippen LogP contribution < -0.4 is 11.1 Å². The molecule has 0 amide bonds. The van der Waals surface area contributed by atoms with Crippen molar-refractivity contribution in [3.05, 3.63) is 0 Å². The molecule has 0 atom stereocenters.